The average molecular weight is 598 g/mol. The van der Waals surface area contributed by atoms with Gasteiger partial charge < -0.3 is 26.2 Å². The van der Waals surface area contributed by atoms with Crippen LogP contribution in [0.4, 0.5) is 0 Å². The molecule has 0 aliphatic carbocycles. The van der Waals surface area contributed by atoms with E-state index in [4.69, 9.17) is 5.73 Å². The van der Waals surface area contributed by atoms with Crippen molar-refractivity contribution in [3.8, 4) is 0 Å². The molecule has 1 fully saturated rings. The van der Waals surface area contributed by atoms with Crippen LogP contribution in [0.5, 0.6) is 0 Å². The first-order valence-electron chi connectivity index (χ1n) is 15.8. The van der Waals surface area contributed by atoms with Crippen LogP contribution in [0.3, 0.4) is 0 Å². The van der Waals surface area contributed by atoms with Crippen LogP contribution in [0.15, 0.2) is 91.0 Å². The number of nitrogens with one attached hydrogen (secondary N) is 2. The fourth-order valence-electron chi connectivity index (χ4n) is 5.80. The van der Waals surface area contributed by atoms with Gasteiger partial charge in [-0.15, -0.1) is 0 Å². The lowest BCUT2D eigenvalue weighted by atomic mass is 10.0. The number of hydrogen-bond acceptors (Lipinski definition) is 5. The van der Waals surface area contributed by atoms with Gasteiger partial charge >= 0.3 is 0 Å². The van der Waals surface area contributed by atoms with Gasteiger partial charge in [-0.2, -0.15) is 0 Å². The molecule has 0 spiro atoms. The number of carbonyl (C=O) groups excluding carboxylic acids is 3. The molecule has 1 saturated heterocycles. The normalized spacial score (nSPS) is 16.6. The lowest BCUT2D eigenvalue weighted by Gasteiger charge is -2.34. The number of nitrogens with zero attached hydrogens (tertiary/aromatic N) is 2. The van der Waals surface area contributed by atoms with Crippen molar-refractivity contribution in [2.75, 3.05) is 26.7 Å². The molecule has 3 aromatic rings. The molecule has 1 unspecified atom stereocenters. The quantitative estimate of drug-likeness (QED) is 0.249. The number of hydrogen-bond donors (Lipinski definition) is 3. The van der Waals surface area contributed by atoms with Gasteiger partial charge in [0.1, 0.15) is 6.04 Å². The lowest BCUT2D eigenvalue weighted by molar-refractivity contribution is -0.140. The van der Waals surface area contributed by atoms with Gasteiger partial charge in [0.05, 0.1) is 12.1 Å². The van der Waals surface area contributed by atoms with Gasteiger partial charge in [-0.05, 0) is 69.2 Å². The minimum Gasteiger partial charge on any atom is -0.343 e. The van der Waals surface area contributed by atoms with Crippen molar-refractivity contribution in [1.29, 1.82) is 0 Å². The third-order valence-corrected chi connectivity index (χ3v) is 8.54. The Morgan fingerprint density at radius 3 is 2.05 bits per heavy atom. The second kappa shape index (κ2) is 16.7. The highest BCUT2D eigenvalue weighted by Crippen LogP contribution is 2.22. The van der Waals surface area contributed by atoms with E-state index in [1.165, 1.54) is 0 Å². The van der Waals surface area contributed by atoms with Crippen molar-refractivity contribution in [2.24, 2.45) is 5.73 Å². The van der Waals surface area contributed by atoms with E-state index in [9.17, 15) is 14.4 Å². The number of nitrogens with two attached hydrogens (primary N) is 1. The summed E-state index contributed by atoms with van der Waals surface area (Å²) in [5.41, 5.74) is 9.77. The molecule has 4 rings (SSSR count). The summed E-state index contributed by atoms with van der Waals surface area (Å²) in [4.78, 5) is 44.5. The fraction of sp³-hybridized carbons (Fsp3) is 0.417. The van der Waals surface area contributed by atoms with Crippen molar-refractivity contribution < 1.29 is 14.4 Å². The standard InChI is InChI=1S/C36H47N5O3/c1-27(38-2)34(42)39-33(21-20-28-13-6-3-7-14-28)36(44)41-23-12-19-31(41)26-40(24-22-29-15-8-4-9-16-29)35(43)32(37)25-30-17-10-5-11-18-30/h3-11,13-18,27,31-33,38H,12,19-26,37H2,1-2H3,(H,39,42)/t27?,31-,32+,33-/m0/s1. The zero-order chi connectivity index (χ0) is 31.3. The van der Waals surface area contributed by atoms with Crippen molar-refractivity contribution in [3.63, 3.8) is 0 Å². The predicted molar refractivity (Wildman–Crippen MR) is 175 cm³/mol. The first-order chi connectivity index (χ1) is 21.4. The van der Waals surface area contributed by atoms with Gasteiger partial charge in [-0.1, -0.05) is 91.0 Å². The minimum atomic E-state index is -0.681. The van der Waals surface area contributed by atoms with E-state index in [1.807, 2.05) is 88.7 Å². The van der Waals surface area contributed by atoms with Crippen LogP contribution in [0.2, 0.25) is 0 Å². The SMILES string of the molecule is CNC(C)C(=O)N[C@@H](CCc1ccccc1)C(=O)N1CCC[C@H]1CN(CCc1ccccc1)C(=O)[C@H](N)Cc1ccccc1. The molecule has 4 N–H and O–H groups in total. The third kappa shape index (κ3) is 9.49. The average Bonchev–Trinajstić information content (AvgIpc) is 3.53. The molecule has 0 aromatic heterocycles. The maximum atomic E-state index is 14.1. The van der Waals surface area contributed by atoms with E-state index in [-0.39, 0.29) is 23.8 Å². The maximum Gasteiger partial charge on any atom is 0.245 e. The van der Waals surface area contributed by atoms with E-state index in [0.29, 0.717) is 45.3 Å². The summed E-state index contributed by atoms with van der Waals surface area (Å²) in [6.45, 7) is 3.30. The molecular weight excluding hydrogens is 550 g/mol. The molecule has 0 bridgehead atoms. The highest BCUT2D eigenvalue weighted by atomic mass is 16.2. The van der Waals surface area contributed by atoms with E-state index in [2.05, 4.69) is 22.8 Å². The number of amides is 3. The van der Waals surface area contributed by atoms with Crippen LogP contribution < -0.4 is 16.4 Å². The Labute approximate surface area is 262 Å². The molecule has 8 nitrogen and oxygen atoms in total. The Bertz CT molecular complexity index is 1320. The smallest absolute Gasteiger partial charge is 0.245 e. The summed E-state index contributed by atoms with van der Waals surface area (Å²) in [6, 6.07) is 28.0. The molecule has 4 atom stereocenters. The molecule has 234 valence electrons. The van der Waals surface area contributed by atoms with Gasteiger partial charge in [0, 0.05) is 25.7 Å². The van der Waals surface area contributed by atoms with Crippen molar-refractivity contribution in [2.45, 2.75) is 69.6 Å². The zero-order valence-corrected chi connectivity index (χ0v) is 26.0. The molecule has 44 heavy (non-hydrogen) atoms. The van der Waals surface area contributed by atoms with Crippen LogP contribution in [0, 0.1) is 0 Å². The van der Waals surface area contributed by atoms with Gasteiger partial charge in [0.2, 0.25) is 17.7 Å². The van der Waals surface area contributed by atoms with Crippen LogP contribution in [0.25, 0.3) is 0 Å². The topological polar surface area (TPSA) is 108 Å². The lowest BCUT2D eigenvalue weighted by Crippen LogP contribution is -2.56. The van der Waals surface area contributed by atoms with Crippen molar-refractivity contribution in [1.82, 2.24) is 20.4 Å². The molecule has 1 heterocycles. The first kappa shape index (κ1) is 32.9. The first-order valence-corrected chi connectivity index (χ1v) is 15.8. The number of likely N-dealkylation sites (N-methyl/N-ethyl adjacent to an activating group) is 1. The Hall–Kier alpha value is -4.01. The number of aryl methyl sites for hydroxylation is 1. The summed E-state index contributed by atoms with van der Waals surface area (Å²) in [5.74, 6) is -0.411. The molecular formula is C36H47N5O3. The van der Waals surface area contributed by atoms with Crippen LogP contribution in [0.1, 0.15) is 42.9 Å². The largest absolute Gasteiger partial charge is 0.343 e. The summed E-state index contributed by atoms with van der Waals surface area (Å²) in [7, 11) is 1.73. The van der Waals surface area contributed by atoms with Gasteiger partial charge in [-0.3, -0.25) is 14.4 Å². The summed E-state index contributed by atoms with van der Waals surface area (Å²) in [5, 5.41) is 5.97. The Morgan fingerprint density at radius 1 is 0.886 bits per heavy atom. The highest BCUT2D eigenvalue weighted by molar-refractivity contribution is 5.90. The van der Waals surface area contributed by atoms with Crippen molar-refractivity contribution >= 4 is 17.7 Å². The van der Waals surface area contributed by atoms with E-state index >= 15 is 0 Å². The second-order valence-corrected chi connectivity index (χ2v) is 11.7. The van der Waals surface area contributed by atoms with E-state index in [0.717, 1.165) is 29.5 Å². The van der Waals surface area contributed by atoms with Crippen LogP contribution in [-0.2, 0) is 33.6 Å². The van der Waals surface area contributed by atoms with Crippen LogP contribution >= 0.6 is 0 Å². The fourth-order valence-corrected chi connectivity index (χ4v) is 5.80. The number of rotatable bonds is 15. The van der Waals surface area contributed by atoms with E-state index in [1.54, 1.807) is 14.0 Å². The Morgan fingerprint density at radius 2 is 1.45 bits per heavy atom. The van der Waals surface area contributed by atoms with Gasteiger partial charge in [0.15, 0.2) is 0 Å². The number of likely N-dealkylation sites (tertiary alicyclic amines) is 1. The zero-order valence-electron chi connectivity index (χ0n) is 26.0. The summed E-state index contributed by atoms with van der Waals surface area (Å²) in [6.07, 6.45) is 3.95. The summed E-state index contributed by atoms with van der Waals surface area (Å²) < 4.78 is 0. The molecule has 1 aliphatic rings. The molecule has 0 saturated carbocycles. The molecule has 8 heteroatoms. The molecule has 3 aromatic carbocycles. The van der Waals surface area contributed by atoms with Gasteiger partial charge in [-0.25, -0.2) is 0 Å². The van der Waals surface area contributed by atoms with Gasteiger partial charge in [0.25, 0.3) is 0 Å². The Kier molecular flexibility index (Phi) is 12.5. The predicted octanol–water partition coefficient (Wildman–Crippen LogP) is 3.34. The van der Waals surface area contributed by atoms with Crippen LogP contribution in [-0.4, -0.2) is 78.4 Å². The monoisotopic (exact) mass is 597 g/mol. The summed E-state index contributed by atoms with van der Waals surface area (Å²) >= 11 is 0. The molecule has 1 aliphatic heterocycles. The highest BCUT2D eigenvalue weighted by Gasteiger charge is 2.36. The third-order valence-electron chi connectivity index (χ3n) is 8.54. The van der Waals surface area contributed by atoms with E-state index < -0.39 is 18.1 Å². The molecule has 3 amide bonds. The number of carbonyl (C=O) groups is 3. The maximum absolute atomic E-state index is 14.1. The number of benzene rings is 3. The van der Waals surface area contributed by atoms with Crippen molar-refractivity contribution in [3.05, 3.63) is 108 Å². The Balaban J connectivity index is 1.50. The molecule has 0 radical (unpaired) electrons. The second-order valence-electron chi connectivity index (χ2n) is 11.7. The minimum absolute atomic E-state index is 0.0934.